The molecule has 4 nitrogen and oxygen atoms in total. The number of amides is 2. The second-order valence-corrected chi connectivity index (χ2v) is 9.97. The highest BCUT2D eigenvalue weighted by Crippen LogP contribution is 2.45. The van der Waals surface area contributed by atoms with Crippen molar-refractivity contribution in [1.82, 2.24) is 10.6 Å². The van der Waals surface area contributed by atoms with Crippen LogP contribution in [0.25, 0.3) is 12.2 Å². The van der Waals surface area contributed by atoms with Crippen LogP contribution in [-0.2, 0) is 9.59 Å². The molecule has 3 rings (SSSR count). The van der Waals surface area contributed by atoms with E-state index in [1.807, 2.05) is 72.8 Å². The molecule has 1 saturated carbocycles. The molecular weight excluding hydrogens is 396 g/mol. The van der Waals surface area contributed by atoms with Crippen molar-refractivity contribution in [3.63, 3.8) is 0 Å². The van der Waals surface area contributed by atoms with E-state index in [0.29, 0.717) is 6.54 Å². The van der Waals surface area contributed by atoms with E-state index in [9.17, 15) is 9.59 Å². The van der Waals surface area contributed by atoms with E-state index in [2.05, 4.69) is 31.4 Å². The van der Waals surface area contributed by atoms with Crippen LogP contribution in [-0.4, -0.2) is 24.4 Å². The van der Waals surface area contributed by atoms with Crippen LogP contribution in [0.2, 0.25) is 0 Å². The highest BCUT2D eigenvalue weighted by Gasteiger charge is 2.41. The van der Waals surface area contributed by atoms with Gasteiger partial charge in [0.1, 0.15) is 0 Å². The number of carbonyl (C=O) groups excluding carboxylic acids is 2. The molecule has 168 valence electrons. The predicted molar refractivity (Wildman–Crippen MR) is 132 cm³/mol. The summed E-state index contributed by atoms with van der Waals surface area (Å²) in [5.41, 5.74) is 2.00. The summed E-state index contributed by atoms with van der Waals surface area (Å²) in [6.45, 7) is 7.26. The standard InChI is InChI=1S/C28H34N2O2/c1-27(2)18-24(30-26(32)17-15-23-12-8-5-9-13-23)19-28(3,20-27)21-29-25(31)16-14-22-10-6-4-7-11-22/h4-17,24H,18-21H2,1-3H3,(H,29,31)(H,30,32)/b16-14+,17-15+. The van der Waals surface area contributed by atoms with Gasteiger partial charge in [0.05, 0.1) is 0 Å². The fourth-order valence-electron chi connectivity index (χ4n) is 4.95. The lowest BCUT2D eigenvalue weighted by atomic mass is 9.62. The smallest absolute Gasteiger partial charge is 0.244 e. The van der Waals surface area contributed by atoms with E-state index in [4.69, 9.17) is 0 Å². The van der Waals surface area contributed by atoms with E-state index in [-0.39, 0.29) is 28.7 Å². The van der Waals surface area contributed by atoms with Gasteiger partial charge in [0.2, 0.25) is 11.8 Å². The third kappa shape index (κ3) is 7.52. The molecule has 2 unspecified atom stereocenters. The summed E-state index contributed by atoms with van der Waals surface area (Å²) in [5, 5.41) is 6.25. The molecule has 1 aliphatic rings. The molecule has 1 fully saturated rings. The summed E-state index contributed by atoms with van der Waals surface area (Å²) < 4.78 is 0. The van der Waals surface area contributed by atoms with Gasteiger partial charge in [0, 0.05) is 24.7 Å². The van der Waals surface area contributed by atoms with Crippen LogP contribution < -0.4 is 10.6 Å². The minimum atomic E-state index is -0.0927. The third-order valence-electron chi connectivity index (χ3n) is 5.93. The first-order valence-electron chi connectivity index (χ1n) is 11.3. The lowest BCUT2D eigenvalue weighted by molar-refractivity contribution is -0.119. The summed E-state index contributed by atoms with van der Waals surface area (Å²) in [7, 11) is 0. The summed E-state index contributed by atoms with van der Waals surface area (Å²) in [6, 6.07) is 19.7. The first kappa shape index (κ1) is 23.5. The van der Waals surface area contributed by atoms with Crippen molar-refractivity contribution in [2.75, 3.05) is 6.54 Å². The number of hydrogen-bond acceptors (Lipinski definition) is 2. The molecule has 2 amide bonds. The number of hydrogen-bond donors (Lipinski definition) is 2. The Labute approximate surface area is 191 Å². The fraction of sp³-hybridized carbons (Fsp3) is 0.357. The maximum absolute atomic E-state index is 12.5. The lowest BCUT2D eigenvalue weighted by Crippen LogP contribution is -2.50. The Morgan fingerprint density at radius 1 is 0.844 bits per heavy atom. The molecule has 0 heterocycles. The van der Waals surface area contributed by atoms with E-state index in [1.54, 1.807) is 12.2 Å². The van der Waals surface area contributed by atoms with Crippen LogP contribution in [0.1, 0.15) is 51.2 Å². The Bertz CT molecular complexity index is 963. The molecule has 0 radical (unpaired) electrons. The van der Waals surface area contributed by atoms with Crippen LogP contribution in [0.5, 0.6) is 0 Å². The first-order chi connectivity index (χ1) is 15.2. The Kier molecular flexibility index (Phi) is 7.68. The summed E-state index contributed by atoms with van der Waals surface area (Å²) >= 11 is 0. The highest BCUT2D eigenvalue weighted by molar-refractivity contribution is 5.92. The van der Waals surface area contributed by atoms with Crippen molar-refractivity contribution in [2.45, 2.75) is 46.1 Å². The molecule has 2 aromatic carbocycles. The zero-order chi connectivity index (χ0) is 23.0. The monoisotopic (exact) mass is 430 g/mol. The normalized spacial score (nSPS) is 22.7. The minimum absolute atomic E-state index is 0.0752. The van der Waals surface area contributed by atoms with Gasteiger partial charge < -0.3 is 10.6 Å². The van der Waals surface area contributed by atoms with Crippen LogP contribution in [0.4, 0.5) is 0 Å². The molecule has 0 aromatic heterocycles. The van der Waals surface area contributed by atoms with E-state index in [0.717, 1.165) is 30.4 Å². The quantitative estimate of drug-likeness (QED) is 0.591. The maximum atomic E-state index is 12.5. The Hall–Kier alpha value is -3.14. The van der Waals surface area contributed by atoms with Crippen LogP contribution in [0, 0.1) is 10.8 Å². The predicted octanol–water partition coefficient (Wildman–Crippen LogP) is 5.23. The van der Waals surface area contributed by atoms with Crippen molar-refractivity contribution in [3.05, 3.63) is 83.9 Å². The minimum Gasteiger partial charge on any atom is -0.352 e. The first-order valence-corrected chi connectivity index (χ1v) is 11.3. The van der Waals surface area contributed by atoms with Gasteiger partial charge in [-0.2, -0.15) is 0 Å². The van der Waals surface area contributed by atoms with Gasteiger partial charge in [-0.3, -0.25) is 9.59 Å². The molecule has 0 saturated heterocycles. The molecule has 32 heavy (non-hydrogen) atoms. The van der Waals surface area contributed by atoms with Gasteiger partial charge in [0.25, 0.3) is 0 Å². The van der Waals surface area contributed by atoms with Crippen LogP contribution in [0.3, 0.4) is 0 Å². The number of rotatable bonds is 7. The molecule has 0 bridgehead atoms. The van der Waals surface area contributed by atoms with Crippen molar-refractivity contribution in [3.8, 4) is 0 Å². The van der Waals surface area contributed by atoms with Crippen molar-refractivity contribution < 1.29 is 9.59 Å². The summed E-state index contributed by atoms with van der Waals surface area (Å²) in [5.74, 6) is -0.168. The number of carbonyl (C=O) groups is 2. The molecule has 0 aliphatic heterocycles. The average molecular weight is 431 g/mol. The van der Waals surface area contributed by atoms with Gasteiger partial charge in [-0.15, -0.1) is 0 Å². The number of benzene rings is 2. The second kappa shape index (κ2) is 10.4. The third-order valence-corrected chi connectivity index (χ3v) is 5.93. The number of nitrogens with one attached hydrogen (secondary N) is 2. The molecular formula is C28H34N2O2. The van der Waals surface area contributed by atoms with Crippen molar-refractivity contribution in [1.29, 1.82) is 0 Å². The topological polar surface area (TPSA) is 58.2 Å². The maximum Gasteiger partial charge on any atom is 0.244 e. The van der Waals surface area contributed by atoms with Crippen molar-refractivity contribution in [2.24, 2.45) is 10.8 Å². The molecule has 4 heteroatoms. The van der Waals surface area contributed by atoms with Gasteiger partial charge in [0.15, 0.2) is 0 Å². The Balaban J connectivity index is 1.56. The van der Waals surface area contributed by atoms with Gasteiger partial charge in [-0.25, -0.2) is 0 Å². The van der Waals surface area contributed by atoms with Gasteiger partial charge in [-0.1, -0.05) is 81.4 Å². The van der Waals surface area contributed by atoms with Crippen molar-refractivity contribution >= 4 is 24.0 Å². The van der Waals surface area contributed by atoms with E-state index >= 15 is 0 Å². The zero-order valence-corrected chi connectivity index (χ0v) is 19.3. The lowest BCUT2D eigenvalue weighted by Gasteiger charge is -2.46. The Morgan fingerprint density at radius 3 is 1.94 bits per heavy atom. The van der Waals surface area contributed by atoms with E-state index in [1.165, 1.54) is 0 Å². The van der Waals surface area contributed by atoms with Gasteiger partial charge >= 0.3 is 0 Å². The van der Waals surface area contributed by atoms with Crippen LogP contribution >= 0.6 is 0 Å². The highest BCUT2D eigenvalue weighted by atomic mass is 16.2. The fourth-order valence-corrected chi connectivity index (χ4v) is 4.95. The zero-order valence-electron chi connectivity index (χ0n) is 19.3. The van der Waals surface area contributed by atoms with E-state index < -0.39 is 0 Å². The summed E-state index contributed by atoms with van der Waals surface area (Å²) in [6.07, 6.45) is 9.60. The molecule has 2 N–H and O–H groups in total. The largest absolute Gasteiger partial charge is 0.352 e. The summed E-state index contributed by atoms with van der Waals surface area (Å²) in [4.78, 5) is 24.9. The molecule has 1 aliphatic carbocycles. The molecule has 2 aromatic rings. The molecule has 0 spiro atoms. The Morgan fingerprint density at radius 2 is 1.38 bits per heavy atom. The van der Waals surface area contributed by atoms with Crippen LogP contribution in [0.15, 0.2) is 72.8 Å². The average Bonchev–Trinajstić information content (AvgIpc) is 2.75. The van der Waals surface area contributed by atoms with Gasteiger partial charge in [-0.05, 0) is 53.4 Å². The molecule has 2 atom stereocenters. The SMILES string of the molecule is CC1(C)CC(NC(=O)/C=C/c2ccccc2)CC(C)(CNC(=O)/C=C/c2ccccc2)C1. The second-order valence-electron chi connectivity index (χ2n) is 9.97.